The number of para-hydroxylation sites is 1. The van der Waals surface area contributed by atoms with E-state index < -0.39 is 0 Å². The van der Waals surface area contributed by atoms with Gasteiger partial charge in [0.15, 0.2) is 0 Å². The number of nitrogens with one attached hydrogen (secondary N) is 1. The van der Waals surface area contributed by atoms with Crippen LogP contribution in [0.5, 0.6) is 0 Å². The van der Waals surface area contributed by atoms with Gasteiger partial charge in [0, 0.05) is 18.3 Å². The first-order chi connectivity index (χ1) is 8.81. The van der Waals surface area contributed by atoms with E-state index in [2.05, 4.69) is 41.5 Å². The predicted molar refractivity (Wildman–Crippen MR) is 72.6 cm³/mol. The number of anilines is 1. The number of hydrogen-bond acceptors (Lipinski definition) is 3. The van der Waals surface area contributed by atoms with E-state index in [1.807, 2.05) is 12.1 Å². The average Bonchev–Trinajstić information content (AvgIpc) is 2.96. The average molecular weight is 242 g/mol. The molecule has 3 nitrogen and oxygen atoms in total. The van der Waals surface area contributed by atoms with Gasteiger partial charge in [-0.1, -0.05) is 18.2 Å². The Balaban J connectivity index is 1.56. The minimum absolute atomic E-state index is 0.502. The maximum absolute atomic E-state index is 5.37. The van der Waals surface area contributed by atoms with Crippen LogP contribution >= 0.6 is 0 Å². The van der Waals surface area contributed by atoms with Crippen LogP contribution in [0.2, 0.25) is 0 Å². The zero-order valence-corrected chi connectivity index (χ0v) is 10.6. The first-order valence-corrected chi connectivity index (χ1v) is 6.36. The van der Waals surface area contributed by atoms with Crippen LogP contribution in [0.15, 0.2) is 47.1 Å². The van der Waals surface area contributed by atoms with Gasteiger partial charge in [-0.05, 0) is 37.2 Å². The number of fused-ring (bicyclic) bond motifs is 1. The number of furan rings is 1. The molecule has 0 saturated heterocycles. The molecule has 1 aromatic carbocycles. The molecule has 3 heteroatoms. The van der Waals surface area contributed by atoms with Crippen molar-refractivity contribution in [2.24, 2.45) is 0 Å². The van der Waals surface area contributed by atoms with Gasteiger partial charge in [-0.15, -0.1) is 0 Å². The van der Waals surface area contributed by atoms with E-state index in [0.717, 1.165) is 25.3 Å². The molecular weight excluding hydrogens is 224 g/mol. The first kappa shape index (κ1) is 11.4. The normalized spacial score (nSPS) is 17.8. The molecule has 1 aliphatic heterocycles. The minimum atomic E-state index is 0.502. The Kier molecular flexibility index (Phi) is 3.07. The molecule has 1 atom stereocenters. The second-order valence-electron chi connectivity index (χ2n) is 4.98. The van der Waals surface area contributed by atoms with Gasteiger partial charge in [0.05, 0.1) is 12.8 Å². The lowest BCUT2D eigenvalue weighted by Crippen LogP contribution is -2.32. The van der Waals surface area contributed by atoms with E-state index >= 15 is 0 Å². The molecule has 1 aliphatic rings. The van der Waals surface area contributed by atoms with Crippen LogP contribution in [0.3, 0.4) is 0 Å². The number of benzene rings is 1. The number of hydrogen-bond donors (Lipinski definition) is 1. The summed E-state index contributed by atoms with van der Waals surface area (Å²) in [6.07, 6.45) is 2.84. The van der Waals surface area contributed by atoms with Gasteiger partial charge in [0.2, 0.25) is 0 Å². The topological polar surface area (TPSA) is 28.4 Å². The van der Waals surface area contributed by atoms with Crippen molar-refractivity contribution in [3.05, 3.63) is 54.0 Å². The number of rotatable bonds is 4. The molecule has 0 bridgehead atoms. The first-order valence-electron chi connectivity index (χ1n) is 6.36. The van der Waals surface area contributed by atoms with Crippen molar-refractivity contribution in [3.63, 3.8) is 0 Å². The third-order valence-corrected chi connectivity index (χ3v) is 3.38. The Morgan fingerprint density at radius 3 is 2.94 bits per heavy atom. The molecule has 0 unspecified atom stereocenters. The van der Waals surface area contributed by atoms with Gasteiger partial charge in [-0.3, -0.25) is 4.90 Å². The zero-order valence-electron chi connectivity index (χ0n) is 10.6. The van der Waals surface area contributed by atoms with E-state index in [9.17, 15) is 0 Å². The van der Waals surface area contributed by atoms with Crippen LogP contribution in [0, 0.1) is 0 Å². The molecule has 0 radical (unpaired) electrons. The predicted octanol–water partition coefficient (Wildman–Crippen LogP) is 2.75. The second-order valence-corrected chi connectivity index (χ2v) is 4.98. The third kappa shape index (κ3) is 2.41. The van der Waals surface area contributed by atoms with Gasteiger partial charge < -0.3 is 9.73 Å². The molecule has 0 fully saturated rings. The Morgan fingerprint density at radius 1 is 1.28 bits per heavy atom. The highest BCUT2D eigenvalue weighted by Crippen LogP contribution is 2.25. The Morgan fingerprint density at radius 2 is 2.17 bits per heavy atom. The summed E-state index contributed by atoms with van der Waals surface area (Å²) >= 11 is 0. The second kappa shape index (κ2) is 4.86. The molecule has 2 heterocycles. The van der Waals surface area contributed by atoms with Crippen molar-refractivity contribution in [1.29, 1.82) is 0 Å². The summed E-state index contributed by atoms with van der Waals surface area (Å²) < 4.78 is 5.37. The van der Waals surface area contributed by atoms with E-state index in [1.54, 1.807) is 6.26 Å². The monoisotopic (exact) mass is 242 g/mol. The van der Waals surface area contributed by atoms with Crippen LogP contribution in [0.25, 0.3) is 0 Å². The van der Waals surface area contributed by atoms with Gasteiger partial charge >= 0.3 is 0 Å². The Hall–Kier alpha value is -1.74. The fourth-order valence-electron chi connectivity index (χ4n) is 2.60. The molecule has 0 aliphatic carbocycles. The maximum atomic E-state index is 5.37. The van der Waals surface area contributed by atoms with Crippen LogP contribution in [0.4, 0.5) is 5.69 Å². The lowest BCUT2D eigenvalue weighted by atomic mass is 10.1. The summed E-state index contributed by atoms with van der Waals surface area (Å²) in [5, 5.41) is 3.57. The lowest BCUT2D eigenvalue weighted by molar-refractivity contribution is 0.284. The fourth-order valence-corrected chi connectivity index (χ4v) is 2.60. The highest BCUT2D eigenvalue weighted by atomic mass is 16.3. The highest BCUT2D eigenvalue weighted by molar-refractivity contribution is 5.56. The van der Waals surface area contributed by atoms with E-state index in [1.165, 1.54) is 11.3 Å². The minimum Gasteiger partial charge on any atom is -0.468 e. The largest absolute Gasteiger partial charge is 0.468 e. The van der Waals surface area contributed by atoms with Gasteiger partial charge in [0.1, 0.15) is 5.76 Å². The van der Waals surface area contributed by atoms with Gasteiger partial charge in [0.25, 0.3) is 0 Å². The van der Waals surface area contributed by atoms with Crippen molar-refractivity contribution in [3.8, 4) is 0 Å². The summed E-state index contributed by atoms with van der Waals surface area (Å²) in [6.45, 7) is 1.89. The van der Waals surface area contributed by atoms with Crippen LogP contribution < -0.4 is 5.32 Å². The maximum Gasteiger partial charge on any atom is 0.117 e. The Labute approximate surface area is 107 Å². The van der Waals surface area contributed by atoms with Crippen molar-refractivity contribution in [2.45, 2.75) is 19.0 Å². The molecule has 1 N–H and O–H groups in total. The van der Waals surface area contributed by atoms with Crippen molar-refractivity contribution >= 4 is 5.69 Å². The molecule has 0 amide bonds. The number of likely N-dealkylation sites (N-methyl/N-ethyl adjacent to an activating group) is 1. The quantitative estimate of drug-likeness (QED) is 0.893. The van der Waals surface area contributed by atoms with Crippen LogP contribution in [-0.2, 0) is 13.0 Å². The van der Waals surface area contributed by atoms with E-state index in [0.29, 0.717) is 6.04 Å². The Bertz CT molecular complexity index is 482. The molecule has 2 aromatic rings. The molecule has 0 saturated carbocycles. The zero-order chi connectivity index (χ0) is 12.4. The fraction of sp³-hybridized carbons (Fsp3) is 0.333. The molecule has 0 spiro atoms. The SMILES string of the molecule is CN(Cc1ccco1)C[C@@H]1Cc2ccccc2N1. The lowest BCUT2D eigenvalue weighted by Gasteiger charge is -2.20. The molecule has 1 aromatic heterocycles. The summed E-state index contributed by atoms with van der Waals surface area (Å²) in [7, 11) is 2.13. The van der Waals surface area contributed by atoms with Crippen LogP contribution in [-0.4, -0.2) is 24.5 Å². The van der Waals surface area contributed by atoms with Gasteiger partial charge in [-0.25, -0.2) is 0 Å². The molecule has 18 heavy (non-hydrogen) atoms. The molecular formula is C15H18N2O. The van der Waals surface area contributed by atoms with Crippen molar-refractivity contribution in [2.75, 3.05) is 18.9 Å². The standard InChI is InChI=1S/C15H18N2O/c1-17(11-14-6-4-8-18-14)10-13-9-12-5-2-3-7-15(12)16-13/h2-8,13,16H,9-11H2,1H3/t13-/m0/s1. The molecule has 94 valence electrons. The van der Waals surface area contributed by atoms with Crippen LogP contribution in [0.1, 0.15) is 11.3 Å². The van der Waals surface area contributed by atoms with Gasteiger partial charge in [-0.2, -0.15) is 0 Å². The smallest absolute Gasteiger partial charge is 0.117 e. The highest BCUT2D eigenvalue weighted by Gasteiger charge is 2.21. The summed E-state index contributed by atoms with van der Waals surface area (Å²) in [5.74, 6) is 1.02. The van der Waals surface area contributed by atoms with Crippen molar-refractivity contribution in [1.82, 2.24) is 4.90 Å². The summed E-state index contributed by atoms with van der Waals surface area (Å²) in [6, 6.07) is 13.0. The van der Waals surface area contributed by atoms with E-state index in [4.69, 9.17) is 4.42 Å². The summed E-state index contributed by atoms with van der Waals surface area (Å²) in [4.78, 5) is 2.29. The molecule has 3 rings (SSSR count). The third-order valence-electron chi connectivity index (χ3n) is 3.38. The summed E-state index contributed by atoms with van der Waals surface area (Å²) in [5.41, 5.74) is 2.71. The van der Waals surface area contributed by atoms with Crippen molar-refractivity contribution < 1.29 is 4.42 Å². The number of nitrogens with zero attached hydrogens (tertiary/aromatic N) is 1. The van der Waals surface area contributed by atoms with E-state index in [-0.39, 0.29) is 0 Å².